The van der Waals surface area contributed by atoms with Crippen LogP contribution in [-0.4, -0.2) is 26.2 Å². The van der Waals surface area contributed by atoms with Crippen molar-refractivity contribution in [2.75, 3.05) is 19.0 Å². The third kappa shape index (κ3) is 5.14. The van der Waals surface area contributed by atoms with E-state index in [0.717, 1.165) is 0 Å². The van der Waals surface area contributed by atoms with Gasteiger partial charge in [-0.05, 0) is 24.3 Å². The zero-order valence-corrected chi connectivity index (χ0v) is 12.3. The third-order valence-corrected chi connectivity index (χ3v) is 2.79. The molecule has 0 aliphatic heterocycles. The lowest BCUT2D eigenvalue weighted by Crippen LogP contribution is -2.20. The van der Waals surface area contributed by atoms with Gasteiger partial charge in [-0.15, -0.1) is 0 Å². The van der Waals surface area contributed by atoms with E-state index >= 15 is 0 Å². The number of rotatable bonds is 7. The average Bonchev–Trinajstić information content (AvgIpc) is 2.54. The van der Waals surface area contributed by atoms with Gasteiger partial charge in [0.1, 0.15) is 17.2 Å². The van der Waals surface area contributed by atoms with E-state index in [9.17, 15) is 13.6 Å². The van der Waals surface area contributed by atoms with Crippen molar-refractivity contribution in [3.63, 3.8) is 0 Å². The lowest BCUT2D eigenvalue weighted by molar-refractivity contribution is -0.118. The molecule has 1 amide bonds. The summed E-state index contributed by atoms with van der Waals surface area (Å²) in [5, 5.41) is 2.46. The summed E-state index contributed by atoms with van der Waals surface area (Å²) in [7, 11) is 1.52. The van der Waals surface area contributed by atoms with E-state index in [0.29, 0.717) is 11.5 Å². The van der Waals surface area contributed by atoms with Gasteiger partial charge >= 0.3 is 6.61 Å². The Morgan fingerprint density at radius 2 is 1.87 bits per heavy atom. The Hall–Kier alpha value is -2.83. The van der Waals surface area contributed by atoms with E-state index in [2.05, 4.69) is 10.1 Å². The van der Waals surface area contributed by atoms with E-state index in [1.165, 1.54) is 25.3 Å². The number of hydrogen-bond acceptors (Lipinski definition) is 4. The Kier molecular flexibility index (Phi) is 5.74. The van der Waals surface area contributed by atoms with E-state index in [1.54, 1.807) is 30.3 Å². The number of carbonyl (C=O) groups is 1. The Bertz CT molecular complexity index is 664. The summed E-state index contributed by atoms with van der Waals surface area (Å²) < 4.78 is 39.3. The van der Waals surface area contributed by atoms with Gasteiger partial charge in [0.25, 0.3) is 5.91 Å². The van der Waals surface area contributed by atoms with Crippen LogP contribution in [0.5, 0.6) is 17.2 Å². The fourth-order valence-corrected chi connectivity index (χ4v) is 1.79. The molecule has 0 aliphatic rings. The van der Waals surface area contributed by atoms with Crippen LogP contribution in [-0.2, 0) is 4.79 Å². The van der Waals surface area contributed by atoms with Crippen molar-refractivity contribution in [1.82, 2.24) is 0 Å². The van der Waals surface area contributed by atoms with E-state index < -0.39 is 12.5 Å². The first kappa shape index (κ1) is 16.5. The molecular formula is C16H15F2NO4. The van der Waals surface area contributed by atoms with Crippen molar-refractivity contribution in [3.8, 4) is 17.2 Å². The van der Waals surface area contributed by atoms with Gasteiger partial charge in [-0.1, -0.05) is 18.2 Å². The molecule has 0 aliphatic carbocycles. The van der Waals surface area contributed by atoms with E-state index in [4.69, 9.17) is 9.47 Å². The zero-order valence-electron chi connectivity index (χ0n) is 12.3. The minimum Gasteiger partial charge on any atom is -0.497 e. The minimum atomic E-state index is -2.97. The highest BCUT2D eigenvalue weighted by Gasteiger charge is 2.12. The first-order chi connectivity index (χ1) is 11.1. The molecule has 0 heterocycles. The lowest BCUT2D eigenvalue weighted by Gasteiger charge is -2.12. The maximum atomic E-state index is 12.3. The molecule has 0 spiro atoms. The van der Waals surface area contributed by atoms with Crippen molar-refractivity contribution in [2.24, 2.45) is 0 Å². The van der Waals surface area contributed by atoms with Crippen LogP contribution in [0.4, 0.5) is 14.5 Å². The number of amides is 1. The lowest BCUT2D eigenvalue weighted by atomic mass is 10.3. The molecule has 23 heavy (non-hydrogen) atoms. The first-order valence-corrected chi connectivity index (χ1v) is 6.69. The highest BCUT2D eigenvalue weighted by atomic mass is 19.3. The average molecular weight is 323 g/mol. The molecule has 2 aromatic carbocycles. The summed E-state index contributed by atoms with van der Waals surface area (Å²) >= 11 is 0. The molecular weight excluding hydrogens is 308 g/mol. The fourth-order valence-electron chi connectivity index (χ4n) is 1.79. The van der Waals surface area contributed by atoms with Gasteiger partial charge < -0.3 is 19.5 Å². The number of nitrogens with one attached hydrogen (secondary N) is 1. The van der Waals surface area contributed by atoms with Crippen molar-refractivity contribution in [2.45, 2.75) is 6.61 Å². The molecule has 0 saturated carbocycles. The van der Waals surface area contributed by atoms with Gasteiger partial charge in [0.2, 0.25) is 0 Å². The molecule has 7 heteroatoms. The second-order valence-electron chi connectivity index (χ2n) is 4.39. The van der Waals surface area contributed by atoms with Gasteiger partial charge in [0, 0.05) is 6.07 Å². The third-order valence-electron chi connectivity index (χ3n) is 2.79. The Morgan fingerprint density at radius 3 is 2.61 bits per heavy atom. The SMILES string of the molecule is COc1cccc(OCC(=O)Nc2ccccc2OC(F)F)c1. The quantitative estimate of drug-likeness (QED) is 0.849. The number of carbonyl (C=O) groups excluding carboxylic acids is 1. The number of benzene rings is 2. The molecule has 0 unspecified atom stereocenters. The molecule has 0 fully saturated rings. The number of hydrogen-bond donors (Lipinski definition) is 1. The second-order valence-corrected chi connectivity index (χ2v) is 4.39. The van der Waals surface area contributed by atoms with Gasteiger partial charge in [-0.3, -0.25) is 4.79 Å². The number of methoxy groups -OCH3 is 1. The highest BCUT2D eigenvalue weighted by molar-refractivity contribution is 5.93. The summed E-state index contributed by atoms with van der Waals surface area (Å²) in [6.07, 6.45) is 0. The van der Waals surface area contributed by atoms with Gasteiger partial charge in [-0.2, -0.15) is 8.78 Å². The Balaban J connectivity index is 1.94. The number of ether oxygens (including phenoxy) is 3. The predicted molar refractivity (Wildman–Crippen MR) is 80.2 cm³/mol. The summed E-state index contributed by atoms with van der Waals surface area (Å²) in [6, 6.07) is 12.7. The van der Waals surface area contributed by atoms with Crippen LogP contribution in [0, 0.1) is 0 Å². The Morgan fingerprint density at radius 1 is 1.13 bits per heavy atom. The molecule has 5 nitrogen and oxygen atoms in total. The standard InChI is InChI=1S/C16H15F2NO4/c1-21-11-5-4-6-12(9-11)22-10-15(20)19-13-7-2-3-8-14(13)23-16(17)18/h2-9,16H,10H2,1H3,(H,19,20). The predicted octanol–water partition coefficient (Wildman–Crippen LogP) is 3.31. The van der Waals surface area contributed by atoms with Crippen LogP contribution in [0.15, 0.2) is 48.5 Å². The first-order valence-electron chi connectivity index (χ1n) is 6.69. The molecule has 1 N–H and O–H groups in total. The minimum absolute atomic E-state index is 0.114. The van der Waals surface area contributed by atoms with Crippen LogP contribution >= 0.6 is 0 Å². The van der Waals surface area contributed by atoms with Crippen molar-refractivity contribution in [3.05, 3.63) is 48.5 Å². The second kappa shape index (κ2) is 7.98. The summed E-state index contributed by atoms with van der Waals surface area (Å²) in [6.45, 7) is -3.25. The molecule has 0 saturated heterocycles. The number of para-hydroxylation sites is 2. The summed E-state index contributed by atoms with van der Waals surface area (Å²) in [5.41, 5.74) is 0.145. The molecule has 0 bridgehead atoms. The van der Waals surface area contributed by atoms with Crippen molar-refractivity contribution < 1.29 is 27.8 Å². The van der Waals surface area contributed by atoms with E-state index in [-0.39, 0.29) is 18.0 Å². The van der Waals surface area contributed by atoms with Crippen molar-refractivity contribution >= 4 is 11.6 Å². The zero-order chi connectivity index (χ0) is 16.7. The normalized spacial score (nSPS) is 10.3. The fraction of sp³-hybridized carbons (Fsp3) is 0.188. The summed E-state index contributed by atoms with van der Waals surface area (Å²) in [4.78, 5) is 11.9. The number of halogens is 2. The Labute approximate surface area is 131 Å². The number of anilines is 1. The van der Waals surface area contributed by atoms with Crippen molar-refractivity contribution in [1.29, 1.82) is 0 Å². The monoisotopic (exact) mass is 323 g/mol. The highest BCUT2D eigenvalue weighted by Crippen LogP contribution is 2.25. The van der Waals surface area contributed by atoms with E-state index in [1.807, 2.05) is 0 Å². The van der Waals surface area contributed by atoms with Gasteiger partial charge in [-0.25, -0.2) is 0 Å². The van der Waals surface area contributed by atoms with Crippen LogP contribution in [0.3, 0.4) is 0 Å². The van der Waals surface area contributed by atoms with Gasteiger partial charge in [0.15, 0.2) is 6.61 Å². The van der Waals surface area contributed by atoms with Crippen LogP contribution < -0.4 is 19.5 Å². The topological polar surface area (TPSA) is 56.8 Å². The molecule has 0 radical (unpaired) electrons. The molecule has 122 valence electrons. The van der Waals surface area contributed by atoms with Crippen LogP contribution in [0.1, 0.15) is 0 Å². The van der Waals surface area contributed by atoms with Crippen LogP contribution in [0.25, 0.3) is 0 Å². The molecule has 0 atom stereocenters. The largest absolute Gasteiger partial charge is 0.497 e. The number of alkyl halides is 2. The molecule has 0 aromatic heterocycles. The maximum Gasteiger partial charge on any atom is 0.387 e. The summed E-state index contributed by atoms with van der Waals surface area (Å²) in [5.74, 6) is 0.436. The molecule has 2 aromatic rings. The smallest absolute Gasteiger partial charge is 0.387 e. The maximum absolute atomic E-state index is 12.3. The van der Waals surface area contributed by atoms with Crippen LogP contribution in [0.2, 0.25) is 0 Å². The molecule has 2 rings (SSSR count). The van der Waals surface area contributed by atoms with Gasteiger partial charge in [0.05, 0.1) is 12.8 Å².